The van der Waals surface area contributed by atoms with Crippen molar-refractivity contribution in [2.45, 2.75) is 51.6 Å². The number of nitrogens with one attached hydrogen (secondary N) is 2. The first-order valence-corrected chi connectivity index (χ1v) is 10.2. The maximum atomic E-state index is 5.29. The van der Waals surface area contributed by atoms with Crippen LogP contribution in [0.25, 0.3) is 0 Å². The number of rotatable bonds is 7. The summed E-state index contributed by atoms with van der Waals surface area (Å²) in [5.74, 6) is 2.54. The van der Waals surface area contributed by atoms with Crippen LogP contribution >= 0.6 is 24.0 Å². The molecule has 0 aliphatic carbocycles. The van der Waals surface area contributed by atoms with Gasteiger partial charge in [0, 0.05) is 45.1 Å². The zero-order valence-corrected chi connectivity index (χ0v) is 19.9. The lowest BCUT2D eigenvalue weighted by Crippen LogP contribution is -2.51. The fourth-order valence-electron chi connectivity index (χ4n) is 3.44. The summed E-state index contributed by atoms with van der Waals surface area (Å²) in [7, 11) is 1.81. The van der Waals surface area contributed by atoms with Crippen molar-refractivity contribution in [2.24, 2.45) is 4.99 Å². The topological polar surface area (TPSA) is 78.6 Å². The van der Waals surface area contributed by atoms with Gasteiger partial charge in [0.05, 0.1) is 0 Å². The van der Waals surface area contributed by atoms with Gasteiger partial charge in [-0.2, -0.15) is 4.98 Å². The molecule has 29 heavy (non-hydrogen) atoms. The van der Waals surface area contributed by atoms with Gasteiger partial charge >= 0.3 is 0 Å². The van der Waals surface area contributed by atoms with Gasteiger partial charge in [-0.3, -0.25) is 9.89 Å². The minimum absolute atomic E-state index is 0. The molecule has 0 saturated carbocycles. The number of hydrogen-bond acceptors (Lipinski definition) is 5. The molecule has 160 valence electrons. The van der Waals surface area contributed by atoms with Crippen LogP contribution in [0.4, 0.5) is 0 Å². The van der Waals surface area contributed by atoms with Crippen molar-refractivity contribution < 1.29 is 4.52 Å². The Morgan fingerprint density at radius 2 is 2.10 bits per heavy atom. The summed E-state index contributed by atoms with van der Waals surface area (Å²) in [4.78, 5) is 11.3. The number of piperidine rings is 1. The fraction of sp³-hybridized carbons (Fsp3) is 0.571. The number of aromatic nitrogens is 2. The minimum atomic E-state index is 0. The van der Waals surface area contributed by atoms with Gasteiger partial charge in [-0.1, -0.05) is 49.3 Å². The average Bonchev–Trinajstić information content (AvgIpc) is 3.18. The number of halogens is 1. The third kappa shape index (κ3) is 7.58. The maximum Gasteiger partial charge on any atom is 0.228 e. The van der Waals surface area contributed by atoms with E-state index in [1.165, 1.54) is 12.0 Å². The molecular formula is C21H33IN6O. The van der Waals surface area contributed by atoms with E-state index in [2.05, 4.69) is 74.8 Å². The Bertz CT molecular complexity index is 749. The van der Waals surface area contributed by atoms with Crippen LogP contribution in [0.3, 0.4) is 0 Å². The molecule has 1 aliphatic rings. The van der Waals surface area contributed by atoms with Crippen LogP contribution in [0.2, 0.25) is 0 Å². The van der Waals surface area contributed by atoms with Gasteiger partial charge < -0.3 is 15.2 Å². The zero-order chi connectivity index (χ0) is 19.8. The lowest BCUT2D eigenvalue weighted by molar-refractivity contribution is 0.192. The molecule has 2 aromatic rings. The van der Waals surface area contributed by atoms with Gasteiger partial charge in [0.2, 0.25) is 5.89 Å². The molecule has 2 N–H and O–H groups in total. The van der Waals surface area contributed by atoms with Gasteiger partial charge in [-0.25, -0.2) is 0 Å². The highest BCUT2D eigenvalue weighted by atomic mass is 127. The van der Waals surface area contributed by atoms with Gasteiger partial charge in [0.1, 0.15) is 0 Å². The third-order valence-electron chi connectivity index (χ3n) is 4.95. The lowest BCUT2D eigenvalue weighted by Gasteiger charge is -2.34. The van der Waals surface area contributed by atoms with Crippen LogP contribution in [-0.2, 0) is 13.0 Å². The van der Waals surface area contributed by atoms with Crippen molar-refractivity contribution in [3.05, 3.63) is 47.6 Å². The molecule has 1 aromatic heterocycles. The van der Waals surface area contributed by atoms with Gasteiger partial charge in [0.25, 0.3) is 0 Å². The SMILES string of the molecule is CN=C(NCCc1nc(C(C)C)no1)NC1CCCN(Cc2ccccc2)C1.I. The second-order valence-corrected chi connectivity index (χ2v) is 7.65. The van der Waals surface area contributed by atoms with E-state index in [0.717, 1.165) is 37.8 Å². The largest absolute Gasteiger partial charge is 0.356 e. The van der Waals surface area contributed by atoms with E-state index in [4.69, 9.17) is 4.52 Å². The Labute approximate surface area is 190 Å². The second kappa shape index (κ2) is 12.1. The molecule has 1 aromatic carbocycles. The quantitative estimate of drug-likeness (QED) is 0.337. The van der Waals surface area contributed by atoms with Crippen LogP contribution in [0, 0.1) is 0 Å². The Kier molecular flexibility index (Phi) is 9.86. The minimum Gasteiger partial charge on any atom is -0.356 e. The fourth-order valence-corrected chi connectivity index (χ4v) is 3.44. The summed E-state index contributed by atoms with van der Waals surface area (Å²) in [5.41, 5.74) is 1.37. The standard InChI is InChI=1S/C21H32N6O.HI/c1-16(2)20-25-19(28-26-20)11-12-23-21(22-3)24-18-10-7-13-27(15-18)14-17-8-5-4-6-9-17;/h4-6,8-9,16,18H,7,10-15H2,1-3H3,(H2,22,23,24);1H. The average molecular weight is 512 g/mol. The molecule has 1 aliphatic heterocycles. The van der Waals surface area contributed by atoms with Crippen LogP contribution in [-0.4, -0.2) is 53.7 Å². The molecule has 0 spiro atoms. The summed E-state index contributed by atoms with van der Waals surface area (Å²) >= 11 is 0. The second-order valence-electron chi connectivity index (χ2n) is 7.65. The van der Waals surface area contributed by atoms with Gasteiger partial charge in [-0.05, 0) is 24.9 Å². The monoisotopic (exact) mass is 512 g/mol. The molecule has 1 saturated heterocycles. The lowest BCUT2D eigenvalue weighted by atomic mass is 10.0. The highest BCUT2D eigenvalue weighted by Crippen LogP contribution is 2.14. The first-order valence-electron chi connectivity index (χ1n) is 10.2. The van der Waals surface area contributed by atoms with Crippen molar-refractivity contribution in [3.63, 3.8) is 0 Å². The van der Waals surface area contributed by atoms with E-state index in [1.54, 1.807) is 0 Å². The predicted molar refractivity (Wildman–Crippen MR) is 127 cm³/mol. The summed E-state index contributed by atoms with van der Waals surface area (Å²) in [6.45, 7) is 8.00. The number of hydrogen-bond donors (Lipinski definition) is 2. The molecular weight excluding hydrogens is 479 g/mol. The number of nitrogens with zero attached hydrogens (tertiary/aromatic N) is 4. The number of guanidine groups is 1. The number of likely N-dealkylation sites (tertiary alicyclic amines) is 1. The number of benzene rings is 1. The predicted octanol–water partition coefficient (Wildman–Crippen LogP) is 3.18. The van der Waals surface area contributed by atoms with Crippen LogP contribution in [0.15, 0.2) is 39.8 Å². The van der Waals surface area contributed by atoms with Gasteiger partial charge in [0.15, 0.2) is 11.8 Å². The summed E-state index contributed by atoms with van der Waals surface area (Å²) in [5, 5.41) is 10.9. The summed E-state index contributed by atoms with van der Waals surface area (Å²) < 4.78 is 5.29. The molecule has 8 heteroatoms. The summed E-state index contributed by atoms with van der Waals surface area (Å²) in [6, 6.07) is 11.1. The molecule has 0 amide bonds. The Morgan fingerprint density at radius 3 is 2.79 bits per heavy atom. The van der Waals surface area contributed by atoms with E-state index in [1.807, 2.05) is 7.05 Å². The molecule has 2 heterocycles. The van der Waals surface area contributed by atoms with Crippen LogP contribution < -0.4 is 10.6 Å². The molecule has 0 bridgehead atoms. The first kappa shape index (κ1) is 23.6. The highest BCUT2D eigenvalue weighted by molar-refractivity contribution is 14.0. The van der Waals surface area contributed by atoms with E-state index in [9.17, 15) is 0 Å². The molecule has 1 fully saturated rings. The third-order valence-corrected chi connectivity index (χ3v) is 4.95. The van der Waals surface area contributed by atoms with Crippen molar-refractivity contribution in [3.8, 4) is 0 Å². The van der Waals surface area contributed by atoms with Crippen LogP contribution in [0.5, 0.6) is 0 Å². The van der Waals surface area contributed by atoms with E-state index in [0.29, 0.717) is 24.9 Å². The molecule has 1 atom stereocenters. The Hall–Kier alpha value is -1.68. The van der Waals surface area contributed by atoms with Gasteiger partial charge in [-0.15, -0.1) is 24.0 Å². The molecule has 7 nitrogen and oxygen atoms in total. The van der Waals surface area contributed by atoms with E-state index >= 15 is 0 Å². The van der Waals surface area contributed by atoms with Crippen molar-refractivity contribution in [1.29, 1.82) is 0 Å². The van der Waals surface area contributed by atoms with Crippen molar-refractivity contribution in [2.75, 3.05) is 26.7 Å². The Morgan fingerprint density at radius 1 is 1.31 bits per heavy atom. The molecule has 3 rings (SSSR count). The van der Waals surface area contributed by atoms with Crippen molar-refractivity contribution >= 4 is 29.9 Å². The van der Waals surface area contributed by atoms with Crippen LogP contribution in [0.1, 0.15) is 49.9 Å². The normalized spacial score (nSPS) is 17.8. The van der Waals surface area contributed by atoms with Crippen molar-refractivity contribution in [1.82, 2.24) is 25.7 Å². The summed E-state index contributed by atoms with van der Waals surface area (Å²) in [6.07, 6.45) is 3.04. The number of aliphatic imine (C=N–C) groups is 1. The molecule has 0 radical (unpaired) electrons. The smallest absolute Gasteiger partial charge is 0.228 e. The Balaban J connectivity index is 0.00000300. The van der Waals surface area contributed by atoms with E-state index < -0.39 is 0 Å². The highest BCUT2D eigenvalue weighted by Gasteiger charge is 2.20. The zero-order valence-electron chi connectivity index (χ0n) is 17.6. The molecule has 1 unspecified atom stereocenters. The maximum absolute atomic E-state index is 5.29. The van der Waals surface area contributed by atoms with E-state index in [-0.39, 0.29) is 29.9 Å². The first-order chi connectivity index (χ1) is 13.6.